The van der Waals surface area contributed by atoms with E-state index < -0.39 is 6.10 Å². The Kier molecular flexibility index (Phi) is 5.12. The maximum Gasteiger partial charge on any atom is 0.251 e. The summed E-state index contributed by atoms with van der Waals surface area (Å²) in [7, 11) is 0. The fraction of sp³-hybridized carbons (Fsp3) is 0.435. The van der Waals surface area contributed by atoms with Crippen LogP contribution in [-0.4, -0.2) is 54.4 Å². The molecule has 0 radical (unpaired) electrons. The number of aliphatic hydroxyl groups excluding tert-OH is 1. The standard InChI is InChI=1S/C23H27N5O2/c29-21(12-17-4-2-1-3-5-17)23(30)26-9-8-22-24-14-20(28(22)11-10-26)19-13-25-27(16-19)15-18-6-7-18/h1-5,13-14,16,18,21,29H,6-12,15H2/t21-/m1/s1. The molecule has 1 amide bonds. The lowest BCUT2D eigenvalue weighted by Gasteiger charge is -2.23. The Bertz CT molecular complexity index is 1020. The molecule has 3 aromatic rings. The van der Waals surface area contributed by atoms with Gasteiger partial charge in [-0.05, 0) is 24.3 Å². The number of amides is 1. The number of aliphatic hydroxyl groups is 1. The third-order valence-electron chi connectivity index (χ3n) is 6.08. The van der Waals surface area contributed by atoms with E-state index in [1.54, 1.807) is 4.90 Å². The molecule has 30 heavy (non-hydrogen) atoms. The first-order chi connectivity index (χ1) is 14.7. The summed E-state index contributed by atoms with van der Waals surface area (Å²) < 4.78 is 4.22. The third-order valence-corrected chi connectivity index (χ3v) is 6.08. The molecule has 1 fully saturated rings. The van der Waals surface area contributed by atoms with Gasteiger partial charge in [-0.25, -0.2) is 4.98 Å². The van der Waals surface area contributed by atoms with Crippen molar-refractivity contribution in [3.8, 4) is 11.3 Å². The van der Waals surface area contributed by atoms with Gasteiger partial charge in [0.1, 0.15) is 11.9 Å². The first kappa shape index (κ1) is 19.1. The van der Waals surface area contributed by atoms with E-state index in [0.29, 0.717) is 32.5 Å². The number of carbonyl (C=O) groups is 1. The number of aromatic nitrogens is 4. The first-order valence-electron chi connectivity index (χ1n) is 10.8. The number of hydrogen-bond acceptors (Lipinski definition) is 4. The minimum atomic E-state index is -1.02. The van der Waals surface area contributed by atoms with Crippen LogP contribution in [0.1, 0.15) is 24.2 Å². The summed E-state index contributed by atoms with van der Waals surface area (Å²) in [5, 5.41) is 15.0. The predicted octanol–water partition coefficient (Wildman–Crippen LogP) is 2.14. The SMILES string of the molecule is O=C([C@H](O)Cc1ccccc1)N1CCc2ncc(-c3cnn(CC4CC4)c3)n2CC1. The van der Waals surface area contributed by atoms with Gasteiger partial charge in [-0.15, -0.1) is 0 Å². The topological polar surface area (TPSA) is 76.2 Å². The summed E-state index contributed by atoms with van der Waals surface area (Å²) in [6.07, 6.45) is 8.53. The lowest BCUT2D eigenvalue weighted by molar-refractivity contribution is -0.140. The second kappa shape index (κ2) is 8.07. The predicted molar refractivity (Wildman–Crippen MR) is 113 cm³/mol. The number of nitrogens with zero attached hydrogens (tertiary/aromatic N) is 5. The van der Waals surface area contributed by atoms with Gasteiger partial charge in [0, 0.05) is 50.8 Å². The summed E-state index contributed by atoms with van der Waals surface area (Å²) >= 11 is 0. The molecule has 7 nitrogen and oxygen atoms in total. The van der Waals surface area contributed by atoms with Crippen LogP contribution < -0.4 is 0 Å². The van der Waals surface area contributed by atoms with Crippen LogP contribution in [0.4, 0.5) is 0 Å². The third kappa shape index (κ3) is 4.03. The average molecular weight is 406 g/mol. The van der Waals surface area contributed by atoms with E-state index in [2.05, 4.69) is 20.8 Å². The Balaban J connectivity index is 1.26. The van der Waals surface area contributed by atoms with E-state index in [1.807, 2.05) is 47.4 Å². The van der Waals surface area contributed by atoms with Gasteiger partial charge in [-0.2, -0.15) is 5.10 Å². The van der Waals surface area contributed by atoms with Crippen LogP contribution in [-0.2, 0) is 30.7 Å². The molecule has 5 rings (SSSR count). The van der Waals surface area contributed by atoms with Gasteiger partial charge < -0.3 is 14.6 Å². The summed E-state index contributed by atoms with van der Waals surface area (Å²) in [4.78, 5) is 19.2. The van der Waals surface area contributed by atoms with Crippen molar-refractivity contribution in [2.75, 3.05) is 13.1 Å². The van der Waals surface area contributed by atoms with Crippen molar-refractivity contribution in [1.82, 2.24) is 24.2 Å². The van der Waals surface area contributed by atoms with Crippen LogP contribution in [0.5, 0.6) is 0 Å². The van der Waals surface area contributed by atoms with Crippen LogP contribution in [0.2, 0.25) is 0 Å². The number of benzene rings is 1. The molecular weight excluding hydrogens is 378 g/mol. The number of fused-ring (bicyclic) bond motifs is 1. The Morgan fingerprint density at radius 1 is 1.13 bits per heavy atom. The number of carbonyl (C=O) groups excluding carboxylic acids is 1. The fourth-order valence-electron chi connectivity index (χ4n) is 4.18. The highest BCUT2D eigenvalue weighted by atomic mass is 16.3. The van der Waals surface area contributed by atoms with Crippen LogP contribution in [0, 0.1) is 5.92 Å². The lowest BCUT2D eigenvalue weighted by atomic mass is 10.1. The quantitative estimate of drug-likeness (QED) is 0.682. The van der Waals surface area contributed by atoms with Crippen molar-refractivity contribution in [2.45, 2.75) is 44.9 Å². The number of rotatable bonds is 6. The second-order valence-corrected chi connectivity index (χ2v) is 8.39. The Morgan fingerprint density at radius 3 is 2.77 bits per heavy atom. The molecule has 0 spiro atoms. The van der Waals surface area contributed by atoms with Gasteiger partial charge >= 0.3 is 0 Å². The van der Waals surface area contributed by atoms with Crippen LogP contribution in [0.3, 0.4) is 0 Å². The first-order valence-corrected chi connectivity index (χ1v) is 10.8. The van der Waals surface area contributed by atoms with E-state index in [1.165, 1.54) is 12.8 Å². The molecule has 1 N–H and O–H groups in total. The fourth-order valence-corrected chi connectivity index (χ4v) is 4.18. The van der Waals surface area contributed by atoms with Gasteiger partial charge in [0.15, 0.2) is 0 Å². The largest absolute Gasteiger partial charge is 0.383 e. The van der Waals surface area contributed by atoms with Crippen molar-refractivity contribution >= 4 is 5.91 Å². The molecule has 0 bridgehead atoms. The van der Waals surface area contributed by atoms with Crippen molar-refractivity contribution in [2.24, 2.45) is 5.92 Å². The van der Waals surface area contributed by atoms with Gasteiger partial charge in [0.25, 0.3) is 5.91 Å². The Hall–Kier alpha value is -2.93. The normalized spacial score (nSPS) is 17.4. The van der Waals surface area contributed by atoms with E-state index in [-0.39, 0.29) is 5.91 Å². The monoisotopic (exact) mass is 405 g/mol. The van der Waals surface area contributed by atoms with Crippen molar-refractivity contribution in [3.63, 3.8) is 0 Å². The summed E-state index contributed by atoms with van der Waals surface area (Å²) in [5.74, 6) is 1.55. The zero-order chi connectivity index (χ0) is 20.5. The van der Waals surface area contributed by atoms with Crippen molar-refractivity contribution in [3.05, 3.63) is 60.3 Å². The average Bonchev–Trinajstić information content (AvgIpc) is 3.37. The molecule has 1 aromatic carbocycles. The minimum Gasteiger partial charge on any atom is -0.383 e. The number of imidazole rings is 1. The molecule has 2 aromatic heterocycles. The summed E-state index contributed by atoms with van der Waals surface area (Å²) in [6, 6.07) is 9.65. The molecule has 156 valence electrons. The molecule has 3 heterocycles. The molecule has 1 aliphatic heterocycles. The molecule has 7 heteroatoms. The molecule has 2 aliphatic rings. The molecule has 0 unspecified atom stereocenters. The van der Waals surface area contributed by atoms with E-state index in [4.69, 9.17) is 0 Å². The van der Waals surface area contributed by atoms with Gasteiger partial charge in [-0.1, -0.05) is 30.3 Å². The highest BCUT2D eigenvalue weighted by Gasteiger charge is 2.26. The van der Waals surface area contributed by atoms with E-state index >= 15 is 0 Å². The molecule has 1 aliphatic carbocycles. The highest BCUT2D eigenvalue weighted by Crippen LogP contribution is 2.31. The van der Waals surface area contributed by atoms with Crippen LogP contribution in [0.15, 0.2) is 48.9 Å². The maximum atomic E-state index is 12.8. The zero-order valence-electron chi connectivity index (χ0n) is 17.0. The van der Waals surface area contributed by atoms with E-state index in [9.17, 15) is 9.90 Å². The summed E-state index contributed by atoms with van der Waals surface area (Å²) in [6.45, 7) is 2.80. The number of hydrogen-bond donors (Lipinski definition) is 1. The molecule has 1 saturated carbocycles. The molecular formula is C23H27N5O2. The van der Waals surface area contributed by atoms with Gasteiger partial charge in [0.05, 0.1) is 18.1 Å². The Labute approximate surface area is 176 Å². The van der Waals surface area contributed by atoms with Crippen LogP contribution in [0.25, 0.3) is 11.3 Å². The Morgan fingerprint density at radius 2 is 1.97 bits per heavy atom. The lowest BCUT2D eigenvalue weighted by Crippen LogP contribution is -2.41. The maximum absolute atomic E-state index is 12.8. The van der Waals surface area contributed by atoms with Crippen molar-refractivity contribution < 1.29 is 9.90 Å². The van der Waals surface area contributed by atoms with Gasteiger partial charge in [-0.3, -0.25) is 9.48 Å². The van der Waals surface area contributed by atoms with E-state index in [0.717, 1.165) is 35.1 Å². The second-order valence-electron chi connectivity index (χ2n) is 8.39. The molecule has 0 saturated heterocycles. The van der Waals surface area contributed by atoms with Crippen molar-refractivity contribution in [1.29, 1.82) is 0 Å². The highest BCUT2D eigenvalue weighted by molar-refractivity contribution is 5.81. The summed E-state index contributed by atoms with van der Waals surface area (Å²) in [5.41, 5.74) is 3.08. The van der Waals surface area contributed by atoms with Gasteiger partial charge in [0.2, 0.25) is 0 Å². The minimum absolute atomic E-state index is 0.205. The van der Waals surface area contributed by atoms with Crippen LogP contribution >= 0.6 is 0 Å². The zero-order valence-corrected chi connectivity index (χ0v) is 17.0. The molecule has 1 atom stereocenters. The smallest absolute Gasteiger partial charge is 0.251 e.